The van der Waals surface area contributed by atoms with E-state index in [4.69, 9.17) is 0 Å². The summed E-state index contributed by atoms with van der Waals surface area (Å²) in [7, 11) is -0.225. The highest BCUT2D eigenvalue weighted by Gasteiger charge is 2.31. The summed E-state index contributed by atoms with van der Waals surface area (Å²) in [4.78, 5) is 1.40. The Hall–Kier alpha value is -0.0300. The van der Waals surface area contributed by atoms with Crippen molar-refractivity contribution in [3.8, 4) is 0 Å². The number of halogens is 3. The molecule has 0 N–H and O–H groups in total. The standard InChI is InChI=1S/C8H16F3NS/c1-7(2)12(6-13(3)4)5-8(9,10)11/h7H,3,5-6H2,1-2,4H3. The summed E-state index contributed by atoms with van der Waals surface area (Å²) >= 11 is 0. The van der Waals surface area contributed by atoms with Crippen molar-refractivity contribution in [2.45, 2.75) is 26.1 Å². The van der Waals surface area contributed by atoms with E-state index in [0.717, 1.165) is 0 Å². The molecule has 0 rings (SSSR count). The molecule has 0 amide bonds. The minimum atomic E-state index is -4.11. The molecule has 0 fully saturated rings. The van der Waals surface area contributed by atoms with Gasteiger partial charge in [0.05, 0.1) is 6.54 Å². The van der Waals surface area contributed by atoms with Crippen LogP contribution in [0.3, 0.4) is 0 Å². The van der Waals surface area contributed by atoms with Crippen molar-refractivity contribution in [2.24, 2.45) is 0 Å². The molecule has 13 heavy (non-hydrogen) atoms. The summed E-state index contributed by atoms with van der Waals surface area (Å²) in [6.45, 7) is 2.69. The van der Waals surface area contributed by atoms with E-state index in [-0.39, 0.29) is 16.5 Å². The molecular formula is C8H16F3NS. The lowest BCUT2D eigenvalue weighted by Gasteiger charge is -2.27. The highest BCUT2D eigenvalue weighted by molar-refractivity contribution is 8.13. The van der Waals surface area contributed by atoms with Crippen LogP contribution >= 0.6 is 10.5 Å². The number of rotatable bonds is 4. The zero-order chi connectivity index (χ0) is 10.6. The Bertz CT molecular complexity index is 177. The smallest absolute Gasteiger partial charge is 0.284 e. The molecule has 0 aromatic heterocycles. The van der Waals surface area contributed by atoms with Crippen LogP contribution in [-0.4, -0.2) is 41.7 Å². The number of nitrogens with zero attached hydrogens (tertiary/aromatic N) is 1. The zero-order valence-corrected chi connectivity index (χ0v) is 9.00. The summed E-state index contributed by atoms with van der Waals surface area (Å²) in [5, 5.41) is 0. The molecule has 1 nitrogen and oxygen atoms in total. The van der Waals surface area contributed by atoms with E-state index >= 15 is 0 Å². The van der Waals surface area contributed by atoms with Crippen LogP contribution < -0.4 is 0 Å². The second kappa shape index (κ2) is 5.00. The first kappa shape index (κ1) is 13.0. The maximum atomic E-state index is 12.1. The van der Waals surface area contributed by atoms with Gasteiger partial charge in [-0.15, -0.1) is 0 Å². The topological polar surface area (TPSA) is 3.24 Å². The van der Waals surface area contributed by atoms with Crippen molar-refractivity contribution in [1.29, 1.82) is 0 Å². The minimum absolute atomic E-state index is 0.0849. The van der Waals surface area contributed by atoms with Gasteiger partial charge in [-0.1, -0.05) is 5.87 Å². The van der Waals surface area contributed by atoms with E-state index in [0.29, 0.717) is 5.88 Å². The van der Waals surface area contributed by atoms with Gasteiger partial charge in [-0.25, -0.2) is 0 Å². The van der Waals surface area contributed by atoms with E-state index in [9.17, 15) is 13.2 Å². The molecule has 1 atom stereocenters. The van der Waals surface area contributed by atoms with Gasteiger partial charge in [-0.3, -0.25) is 4.90 Å². The quantitative estimate of drug-likeness (QED) is 0.651. The summed E-state index contributed by atoms with van der Waals surface area (Å²) in [5.41, 5.74) is 0. The summed E-state index contributed by atoms with van der Waals surface area (Å²) in [6, 6.07) is -0.0849. The van der Waals surface area contributed by atoms with Gasteiger partial charge < -0.3 is 0 Å². The van der Waals surface area contributed by atoms with Crippen molar-refractivity contribution < 1.29 is 13.2 Å². The molecule has 0 heterocycles. The molecule has 5 heteroatoms. The predicted molar refractivity (Wildman–Crippen MR) is 53.4 cm³/mol. The fraction of sp³-hybridized carbons (Fsp3) is 0.875. The third-order valence-corrected chi connectivity index (χ3v) is 2.27. The largest absolute Gasteiger partial charge is 0.401 e. The molecule has 0 aromatic rings. The Labute approximate surface area is 79.8 Å². The highest BCUT2D eigenvalue weighted by Crippen LogP contribution is 2.20. The number of hydrogen-bond acceptors (Lipinski definition) is 1. The fourth-order valence-electron chi connectivity index (χ4n) is 0.891. The fourth-order valence-corrected chi connectivity index (χ4v) is 1.85. The Morgan fingerprint density at radius 2 is 1.85 bits per heavy atom. The predicted octanol–water partition coefficient (Wildman–Crippen LogP) is 2.55. The molecule has 80 valence electrons. The van der Waals surface area contributed by atoms with Crippen molar-refractivity contribution in [2.75, 3.05) is 18.7 Å². The average Bonchev–Trinajstić information content (AvgIpc) is 1.81. The Morgan fingerprint density at radius 1 is 1.38 bits per heavy atom. The van der Waals surface area contributed by atoms with Crippen molar-refractivity contribution >= 4 is 16.4 Å². The molecule has 1 unspecified atom stereocenters. The molecule has 0 saturated heterocycles. The van der Waals surface area contributed by atoms with Crippen LogP contribution in [0.25, 0.3) is 0 Å². The SMILES string of the molecule is C=S(C)CN(CC(F)(F)F)C(C)C. The molecule has 0 spiro atoms. The van der Waals surface area contributed by atoms with Gasteiger partial charge in [-0.05, 0) is 20.1 Å². The number of hydrogen-bond donors (Lipinski definition) is 0. The van der Waals surface area contributed by atoms with Crippen LogP contribution in [0.15, 0.2) is 0 Å². The van der Waals surface area contributed by atoms with E-state index < -0.39 is 12.7 Å². The van der Waals surface area contributed by atoms with E-state index in [2.05, 4.69) is 5.87 Å². The van der Waals surface area contributed by atoms with Gasteiger partial charge in [0.1, 0.15) is 0 Å². The first-order valence-electron chi connectivity index (χ1n) is 3.95. The van der Waals surface area contributed by atoms with E-state index in [1.807, 2.05) is 6.26 Å². The molecule has 0 bridgehead atoms. The first-order chi connectivity index (χ1) is 5.72. The Kier molecular flexibility index (Phi) is 4.99. The molecule has 0 aliphatic heterocycles. The van der Waals surface area contributed by atoms with Crippen LogP contribution in [0.1, 0.15) is 13.8 Å². The molecule has 0 aromatic carbocycles. The Balaban J connectivity index is 4.19. The lowest BCUT2D eigenvalue weighted by Crippen LogP contribution is -2.39. The monoisotopic (exact) mass is 215 g/mol. The van der Waals surface area contributed by atoms with Crippen LogP contribution in [0, 0.1) is 0 Å². The van der Waals surface area contributed by atoms with Gasteiger partial charge in [0.15, 0.2) is 0 Å². The molecule has 0 radical (unpaired) electrons. The van der Waals surface area contributed by atoms with Gasteiger partial charge in [-0.2, -0.15) is 23.7 Å². The Morgan fingerprint density at radius 3 is 2.08 bits per heavy atom. The summed E-state index contributed by atoms with van der Waals surface area (Å²) < 4.78 is 36.2. The molecule has 0 aliphatic rings. The molecular weight excluding hydrogens is 199 g/mol. The van der Waals surface area contributed by atoms with Crippen LogP contribution in [0.4, 0.5) is 13.2 Å². The van der Waals surface area contributed by atoms with Crippen LogP contribution in [0.2, 0.25) is 0 Å². The third kappa shape index (κ3) is 7.07. The van der Waals surface area contributed by atoms with Gasteiger partial charge >= 0.3 is 6.18 Å². The molecule has 0 aliphatic carbocycles. The van der Waals surface area contributed by atoms with E-state index in [1.165, 1.54) is 4.90 Å². The van der Waals surface area contributed by atoms with Gasteiger partial charge in [0.2, 0.25) is 0 Å². The normalized spacial score (nSPS) is 15.4. The lowest BCUT2D eigenvalue weighted by molar-refractivity contribution is -0.147. The van der Waals surface area contributed by atoms with Crippen molar-refractivity contribution in [3.63, 3.8) is 0 Å². The minimum Gasteiger partial charge on any atom is -0.284 e. The summed E-state index contributed by atoms with van der Waals surface area (Å²) in [5.74, 6) is 4.12. The maximum absolute atomic E-state index is 12.1. The average molecular weight is 215 g/mol. The van der Waals surface area contributed by atoms with Crippen molar-refractivity contribution in [1.82, 2.24) is 4.90 Å². The maximum Gasteiger partial charge on any atom is 0.401 e. The summed E-state index contributed by atoms with van der Waals surface area (Å²) in [6.07, 6.45) is -2.27. The van der Waals surface area contributed by atoms with Crippen LogP contribution in [0.5, 0.6) is 0 Å². The van der Waals surface area contributed by atoms with Gasteiger partial charge in [0, 0.05) is 11.9 Å². The van der Waals surface area contributed by atoms with Crippen molar-refractivity contribution in [3.05, 3.63) is 0 Å². The third-order valence-electron chi connectivity index (χ3n) is 1.50. The number of alkyl halides is 3. The molecule has 0 saturated carbocycles. The van der Waals surface area contributed by atoms with E-state index in [1.54, 1.807) is 13.8 Å². The van der Waals surface area contributed by atoms with Gasteiger partial charge in [0.25, 0.3) is 0 Å². The van der Waals surface area contributed by atoms with Crippen LogP contribution in [-0.2, 0) is 0 Å². The lowest BCUT2D eigenvalue weighted by atomic mass is 10.3. The zero-order valence-electron chi connectivity index (χ0n) is 8.19. The first-order valence-corrected chi connectivity index (χ1v) is 5.92. The second-order valence-electron chi connectivity index (χ2n) is 3.37. The second-order valence-corrected chi connectivity index (χ2v) is 5.19. The highest BCUT2D eigenvalue weighted by atomic mass is 32.2.